The van der Waals surface area contributed by atoms with Crippen LogP contribution < -0.4 is 5.32 Å². The number of nitrogens with zero attached hydrogens (tertiary/aromatic N) is 1. The molecule has 1 atom stereocenters. The third-order valence-corrected chi connectivity index (χ3v) is 2.06. The second-order valence-corrected chi connectivity index (χ2v) is 2.94. The van der Waals surface area contributed by atoms with E-state index >= 15 is 0 Å². The molecule has 2 N–H and O–H groups in total. The van der Waals surface area contributed by atoms with Gasteiger partial charge in [-0.05, 0) is 6.42 Å². The lowest BCUT2D eigenvalue weighted by Gasteiger charge is -2.35. The van der Waals surface area contributed by atoms with Crippen LogP contribution in [-0.2, 0) is 9.53 Å². The average molecular weight is 188 g/mol. The van der Waals surface area contributed by atoms with E-state index in [0.717, 1.165) is 19.4 Å². The highest BCUT2D eigenvalue weighted by molar-refractivity contribution is 5.47. The van der Waals surface area contributed by atoms with Crippen molar-refractivity contribution in [2.75, 3.05) is 32.9 Å². The summed E-state index contributed by atoms with van der Waals surface area (Å²) < 4.78 is 5.06. The maximum Gasteiger partial charge on any atom is 0.211 e. The van der Waals surface area contributed by atoms with Crippen LogP contribution in [0.2, 0.25) is 0 Å². The predicted octanol–water partition coefficient (Wildman–Crippen LogP) is -1.23. The molecule has 1 rings (SSSR count). The maximum atomic E-state index is 10.6. The lowest BCUT2D eigenvalue weighted by molar-refractivity contribution is -0.123. The average Bonchev–Trinajstić information content (AvgIpc) is 2.07. The fourth-order valence-corrected chi connectivity index (χ4v) is 1.18. The summed E-state index contributed by atoms with van der Waals surface area (Å²) in [6, 6.07) is 0. The molecule has 0 radical (unpaired) electrons. The van der Waals surface area contributed by atoms with Crippen LogP contribution >= 0.6 is 0 Å². The standard InChI is InChI=1S/C8H16N2O3/c11-4-6-13-5-3-10(7-12)8-1-2-9-8/h7-9,11H,1-6H2. The summed E-state index contributed by atoms with van der Waals surface area (Å²) in [5, 5.41) is 11.6. The van der Waals surface area contributed by atoms with Gasteiger partial charge >= 0.3 is 0 Å². The van der Waals surface area contributed by atoms with Gasteiger partial charge in [-0.2, -0.15) is 0 Å². The SMILES string of the molecule is O=CN(CCOCCO)C1CCN1. The van der Waals surface area contributed by atoms with Gasteiger partial charge in [0, 0.05) is 13.1 Å². The Morgan fingerprint density at radius 1 is 1.62 bits per heavy atom. The molecule has 13 heavy (non-hydrogen) atoms. The molecule has 1 aliphatic heterocycles. The smallest absolute Gasteiger partial charge is 0.211 e. The summed E-state index contributed by atoms with van der Waals surface area (Å²) in [5.41, 5.74) is 0. The quantitative estimate of drug-likeness (QED) is 0.388. The number of ether oxygens (including phenoxy) is 1. The van der Waals surface area contributed by atoms with Crippen molar-refractivity contribution in [3.63, 3.8) is 0 Å². The van der Waals surface area contributed by atoms with Gasteiger partial charge in [-0.1, -0.05) is 0 Å². The van der Waals surface area contributed by atoms with Crippen molar-refractivity contribution in [2.45, 2.75) is 12.6 Å². The summed E-state index contributed by atoms with van der Waals surface area (Å²) in [6.45, 7) is 2.42. The number of rotatable bonds is 7. The van der Waals surface area contributed by atoms with Gasteiger partial charge in [0.2, 0.25) is 6.41 Å². The maximum absolute atomic E-state index is 10.6. The molecule has 5 nitrogen and oxygen atoms in total. The second-order valence-electron chi connectivity index (χ2n) is 2.94. The zero-order valence-corrected chi connectivity index (χ0v) is 7.61. The number of nitrogens with one attached hydrogen (secondary N) is 1. The van der Waals surface area contributed by atoms with Crippen LogP contribution in [0.25, 0.3) is 0 Å². The molecule has 76 valence electrons. The largest absolute Gasteiger partial charge is 0.394 e. The van der Waals surface area contributed by atoms with E-state index in [2.05, 4.69) is 5.32 Å². The summed E-state index contributed by atoms with van der Waals surface area (Å²) in [6.07, 6.45) is 2.04. The molecule has 1 aliphatic rings. The van der Waals surface area contributed by atoms with E-state index in [1.54, 1.807) is 4.90 Å². The van der Waals surface area contributed by atoms with E-state index in [9.17, 15) is 4.79 Å². The van der Waals surface area contributed by atoms with Crippen LogP contribution in [0.15, 0.2) is 0 Å². The molecule has 0 spiro atoms. The number of aliphatic hydroxyl groups excluding tert-OH is 1. The van der Waals surface area contributed by atoms with Gasteiger partial charge in [0.15, 0.2) is 0 Å². The molecule has 0 bridgehead atoms. The highest BCUT2D eigenvalue weighted by Gasteiger charge is 2.22. The minimum absolute atomic E-state index is 0.0305. The van der Waals surface area contributed by atoms with E-state index in [0.29, 0.717) is 19.8 Å². The van der Waals surface area contributed by atoms with Crippen LogP contribution in [0.1, 0.15) is 6.42 Å². The molecule has 1 fully saturated rings. The zero-order valence-electron chi connectivity index (χ0n) is 7.61. The minimum atomic E-state index is 0.0305. The highest BCUT2D eigenvalue weighted by atomic mass is 16.5. The van der Waals surface area contributed by atoms with Crippen molar-refractivity contribution >= 4 is 6.41 Å². The van der Waals surface area contributed by atoms with E-state index in [1.165, 1.54) is 0 Å². The van der Waals surface area contributed by atoms with E-state index in [-0.39, 0.29) is 12.8 Å². The lowest BCUT2D eigenvalue weighted by atomic mass is 10.2. The van der Waals surface area contributed by atoms with Crippen LogP contribution in [0.4, 0.5) is 0 Å². The summed E-state index contributed by atoms with van der Waals surface area (Å²) >= 11 is 0. The van der Waals surface area contributed by atoms with E-state index < -0.39 is 0 Å². The van der Waals surface area contributed by atoms with Gasteiger partial charge in [-0.3, -0.25) is 10.1 Å². The molecule has 1 unspecified atom stereocenters. The first-order valence-corrected chi connectivity index (χ1v) is 4.51. The number of hydrogen-bond donors (Lipinski definition) is 2. The Morgan fingerprint density at radius 3 is 2.85 bits per heavy atom. The Kier molecular flexibility index (Phi) is 4.74. The Balaban J connectivity index is 2.05. The molecule has 0 aromatic carbocycles. The summed E-state index contributed by atoms with van der Waals surface area (Å²) in [4.78, 5) is 12.3. The fourth-order valence-electron chi connectivity index (χ4n) is 1.18. The number of hydrogen-bond acceptors (Lipinski definition) is 4. The van der Waals surface area contributed by atoms with Crippen molar-refractivity contribution in [1.82, 2.24) is 10.2 Å². The van der Waals surface area contributed by atoms with Crippen LogP contribution in [0, 0.1) is 0 Å². The molecule has 0 aliphatic carbocycles. The van der Waals surface area contributed by atoms with E-state index in [4.69, 9.17) is 9.84 Å². The minimum Gasteiger partial charge on any atom is -0.394 e. The van der Waals surface area contributed by atoms with Crippen LogP contribution in [-0.4, -0.2) is 55.5 Å². The topological polar surface area (TPSA) is 61.8 Å². The molecule has 0 aromatic heterocycles. The zero-order chi connectivity index (χ0) is 9.52. The van der Waals surface area contributed by atoms with Gasteiger partial charge in [-0.25, -0.2) is 0 Å². The van der Waals surface area contributed by atoms with Gasteiger partial charge in [0.25, 0.3) is 0 Å². The van der Waals surface area contributed by atoms with Gasteiger partial charge in [-0.15, -0.1) is 0 Å². The van der Waals surface area contributed by atoms with Crippen molar-refractivity contribution < 1.29 is 14.6 Å². The Labute approximate surface area is 77.7 Å². The first-order chi connectivity index (χ1) is 6.38. The van der Waals surface area contributed by atoms with Gasteiger partial charge in [0.05, 0.1) is 26.0 Å². The predicted molar refractivity (Wildman–Crippen MR) is 47.1 cm³/mol. The molecule has 1 amide bonds. The number of aliphatic hydroxyl groups is 1. The second kappa shape index (κ2) is 5.90. The third-order valence-electron chi connectivity index (χ3n) is 2.06. The van der Waals surface area contributed by atoms with Crippen LogP contribution in [0.3, 0.4) is 0 Å². The van der Waals surface area contributed by atoms with E-state index in [1.807, 2.05) is 0 Å². The highest BCUT2D eigenvalue weighted by Crippen LogP contribution is 2.05. The van der Waals surface area contributed by atoms with Crippen molar-refractivity contribution in [3.8, 4) is 0 Å². The summed E-state index contributed by atoms with van der Waals surface area (Å²) in [5.74, 6) is 0. The Hall–Kier alpha value is -0.650. The fraction of sp³-hybridized carbons (Fsp3) is 0.875. The molecular weight excluding hydrogens is 172 g/mol. The number of carbonyl (C=O) groups excluding carboxylic acids is 1. The van der Waals surface area contributed by atoms with Gasteiger partial charge in [0.1, 0.15) is 0 Å². The first-order valence-electron chi connectivity index (χ1n) is 4.51. The molecular formula is C8H16N2O3. The number of amides is 1. The molecule has 0 aromatic rings. The normalized spacial score (nSPS) is 20.8. The van der Waals surface area contributed by atoms with Crippen molar-refractivity contribution in [1.29, 1.82) is 0 Å². The monoisotopic (exact) mass is 188 g/mol. The Morgan fingerprint density at radius 2 is 2.38 bits per heavy atom. The molecule has 5 heteroatoms. The van der Waals surface area contributed by atoms with Crippen LogP contribution in [0.5, 0.6) is 0 Å². The van der Waals surface area contributed by atoms with Crippen molar-refractivity contribution in [2.24, 2.45) is 0 Å². The molecule has 1 heterocycles. The Bertz CT molecular complexity index is 150. The molecule has 1 saturated heterocycles. The van der Waals surface area contributed by atoms with Gasteiger partial charge < -0.3 is 14.7 Å². The lowest BCUT2D eigenvalue weighted by Crippen LogP contribution is -2.55. The van der Waals surface area contributed by atoms with Crippen molar-refractivity contribution in [3.05, 3.63) is 0 Å². The third kappa shape index (κ3) is 3.30. The molecule has 0 saturated carbocycles. The first kappa shape index (κ1) is 10.4. The number of carbonyl (C=O) groups is 1. The summed E-state index contributed by atoms with van der Waals surface area (Å²) in [7, 11) is 0.